The lowest BCUT2D eigenvalue weighted by atomic mass is 10.1. The van der Waals surface area contributed by atoms with Crippen LogP contribution in [0.15, 0.2) is 35.2 Å². The molecular formula is C17H17ClN4O6S. The maximum absolute atomic E-state index is 12.5. The Hall–Kier alpha value is -2.79. The summed E-state index contributed by atoms with van der Waals surface area (Å²) in [5, 5.41) is 10.8. The van der Waals surface area contributed by atoms with Gasteiger partial charge in [0.1, 0.15) is 17.3 Å². The van der Waals surface area contributed by atoms with Crippen molar-refractivity contribution < 1.29 is 27.5 Å². The van der Waals surface area contributed by atoms with Gasteiger partial charge < -0.3 is 9.47 Å². The third-order valence-corrected chi connectivity index (χ3v) is 5.50. The second-order valence-corrected chi connectivity index (χ2v) is 8.59. The van der Waals surface area contributed by atoms with Crippen LogP contribution < -0.4 is 4.74 Å². The minimum Gasteiger partial charge on any atom is -0.489 e. The molecule has 1 aromatic heterocycles. The number of benzene rings is 1. The van der Waals surface area contributed by atoms with Crippen LogP contribution in [0.5, 0.6) is 5.75 Å². The van der Waals surface area contributed by atoms with Crippen LogP contribution in [0.2, 0.25) is 5.02 Å². The summed E-state index contributed by atoms with van der Waals surface area (Å²) in [6.45, 7) is 0.167. The highest BCUT2D eigenvalue weighted by atomic mass is 35.5. The Morgan fingerprint density at radius 3 is 2.76 bits per heavy atom. The number of ketones is 1. The first kappa shape index (κ1) is 20.9. The summed E-state index contributed by atoms with van der Waals surface area (Å²) in [5.74, 6) is -0.853. The Bertz CT molecular complexity index is 1070. The van der Waals surface area contributed by atoms with E-state index in [1.807, 2.05) is 0 Å². The van der Waals surface area contributed by atoms with Crippen molar-refractivity contribution in [1.82, 2.24) is 20.2 Å². The van der Waals surface area contributed by atoms with Gasteiger partial charge in [0.25, 0.3) is 0 Å². The number of nitrogens with zero attached hydrogens (tertiary/aromatic N) is 4. The summed E-state index contributed by atoms with van der Waals surface area (Å²) in [6.07, 6.45) is 4.97. The molecule has 0 radical (unpaired) electrons. The first-order chi connectivity index (χ1) is 13.8. The molecule has 0 fully saturated rings. The molecule has 0 saturated heterocycles. The Kier molecular flexibility index (Phi) is 6.28. The fourth-order valence-electron chi connectivity index (χ4n) is 2.66. The average molecular weight is 441 g/mol. The molecule has 10 nitrogen and oxygen atoms in total. The smallest absolute Gasteiger partial charge is 0.344 e. The number of tetrazole rings is 1. The van der Waals surface area contributed by atoms with E-state index in [1.165, 1.54) is 29.3 Å². The second-order valence-electron chi connectivity index (χ2n) is 6.23. The van der Waals surface area contributed by atoms with E-state index in [0.29, 0.717) is 19.3 Å². The van der Waals surface area contributed by atoms with Gasteiger partial charge in [-0.15, -0.1) is 10.2 Å². The Morgan fingerprint density at radius 1 is 1.31 bits per heavy atom. The summed E-state index contributed by atoms with van der Waals surface area (Å²) in [4.78, 5) is 25.1. The van der Waals surface area contributed by atoms with Crippen molar-refractivity contribution in [3.05, 3.63) is 40.9 Å². The van der Waals surface area contributed by atoms with Gasteiger partial charge in [0, 0.05) is 25.2 Å². The fourth-order valence-corrected chi connectivity index (χ4v) is 3.82. The van der Waals surface area contributed by atoms with E-state index in [1.54, 1.807) is 0 Å². The lowest BCUT2D eigenvalue weighted by Crippen LogP contribution is -2.15. The van der Waals surface area contributed by atoms with Crippen molar-refractivity contribution in [2.45, 2.75) is 30.7 Å². The standard InChI is InChI=1S/C17H17ClN4O6S/c1-29(25,26)14-6-5-13(17(24)28-12-4-2-3-11(23)9-12)15(18)16(14)27-8-7-22-20-10-19-21-22/h5-6,9-10H,2-4,7-8H2,1H3. The van der Waals surface area contributed by atoms with Crippen molar-refractivity contribution in [2.75, 3.05) is 12.9 Å². The topological polar surface area (TPSA) is 130 Å². The molecule has 0 unspecified atom stereocenters. The third-order valence-electron chi connectivity index (χ3n) is 4.00. The zero-order valence-corrected chi connectivity index (χ0v) is 16.9. The number of ether oxygens (including phenoxy) is 2. The van der Waals surface area contributed by atoms with Crippen LogP contribution in [0, 0.1) is 0 Å². The predicted octanol–water partition coefficient (Wildman–Crippen LogP) is 1.60. The quantitative estimate of drug-likeness (QED) is 0.589. The summed E-state index contributed by atoms with van der Waals surface area (Å²) in [5.41, 5.74) is -0.0770. The molecule has 154 valence electrons. The van der Waals surface area contributed by atoms with Crippen LogP contribution >= 0.6 is 11.6 Å². The number of rotatable bonds is 7. The number of hydrogen-bond donors (Lipinski definition) is 0. The highest BCUT2D eigenvalue weighted by molar-refractivity contribution is 7.90. The molecule has 29 heavy (non-hydrogen) atoms. The maximum atomic E-state index is 12.5. The molecule has 1 aliphatic rings. The van der Waals surface area contributed by atoms with Crippen LogP contribution in [0.25, 0.3) is 0 Å². The van der Waals surface area contributed by atoms with Gasteiger partial charge in [0.2, 0.25) is 0 Å². The number of carbonyl (C=O) groups excluding carboxylic acids is 2. The van der Waals surface area contributed by atoms with E-state index >= 15 is 0 Å². The van der Waals surface area contributed by atoms with E-state index in [9.17, 15) is 18.0 Å². The van der Waals surface area contributed by atoms with E-state index < -0.39 is 15.8 Å². The highest BCUT2D eigenvalue weighted by Gasteiger charge is 2.25. The summed E-state index contributed by atoms with van der Waals surface area (Å²) >= 11 is 6.29. The Balaban J connectivity index is 1.86. The van der Waals surface area contributed by atoms with Crippen molar-refractivity contribution in [1.29, 1.82) is 0 Å². The molecule has 0 N–H and O–H groups in total. The number of carbonyl (C=O) groups is 2. The monoisotopic (exact) mass is 440 g/mol. The maximum Gasteiger partial charge on any atom is 0.344 e. The number of hydrogen-bond acceptors (Lipinski definition) is 9. The zero-order valence-electron chi connectivity index (χ0n) is 15.4. The summed E-state index contributed by atoms with van der Waals surface area (Å²) < 4.78 is 35.0. The van der Waals surface area contributed by atoms with Gasteiger partial charge in [-0.1, -0.05) is 11.6 Å². The van der Waals surface area contributed by atoms with Crippen LogP contribution in [0.1, 0.15) is 29.6 Å². The lowest BCUT2D eigenvalue weighted by Gasteiger charge is -2.16. The lowest BCUT2D eigenvalue weighted by molar-refractivity contribution is -0.115. The van der Waals surface area contributed by atoms with Gasteiger partial charge in [-0.05, 0) is 23.8 Å². The molecule has 2 aromatic rings. The summed E-state index contributed by atoms with van der Waals surface area (Å²) in [6, 6.07) is 2.47. The average Bonchev–Trinajstić information content (AvgIpc) is 3.15. The first-order valence-corrected chi connectivity index (χ1v) is 10.8. The van der Waals surface area contributed by atoms with E-state index in [2.05, 4.69) is 15.4 Å². The van der Waals surface area contributed by atoms with Crippen molar-refractivity contribution in [2.24, 2.45) is 0 Å². The van der Waals surface area contributed by atoms with E-state index in [-0.39, 0.29) is 45.9 Å². The molecule has 0 atom stereocenters. The van der Waals surface area contributed by atoms with Gasteiger partial charge in [-0.3, -0.25) is 4.79 Å². The SMILES string of the molecule is CS(=O)(=O)c1ccc(C(=O)OC2=CC(=O)CCC2)c(Cl)c1OCCn1ncnn1. The van der Waals surface area contributed by atoms with Crippen molar-refractivity contribution in [3.63, 3.8) is 0 Å². The summed E-state index contributed by atoms with van der Waals surface area (Å²) in [7, 11) is -3.69. The molecule has 0 spiro atoms. The Labute approximate surface area is 171 Å². The number of halogens is 1. The van der Waals surface area contributed by atoms with Gasteiger partial charge >= 0.3 is 5.97 Å². The second kappa shape index (κ2) is 8.70. The molecule has 1 heterocycles. The molecule has 1 aliphatic carbocycles. The molecule has 0 amide bonds. The van der Waals surface area contributed by atoms with Gasteiger partial charge in [-0.25, -0.2) is 13.2 Å². The van der Waals surface area contributed by atoms with Crippen molar-refractivity contribution in [3.8, 4) is 5.75 Å². The minimum atomic E-state index is -3.69. The molecule has 0 bridgehead atoms. The van der Waals surface area contributed by atoms with Crippen LogP contribution in [-0.2, 0) is 25.9 Å². The minimum absolute atomic E-state index is 0.0171. The number of sulfone groups is 1. The molecule has 12 heteroatoms. The third kappa shape index (κ3) is 5.18. The van der Waals surface area contributed by atoms with E-state index in [4.69, 9.17) is 21.1 Å². The molecule has 0 saturated carbocycles. The highest BCUT2D eigenvalue weighted by Crippen LogP contribution is 2.36. The number of aromatic nitrogens is 4. The van der Waals surface area contributed by atoms with Gasteiger partial charge in [0.15, 0.2) is 27.7 Å². The molecular weight excluding hydrogens is 424 g/mol. The fraction of sp³-hybridized carbons (Fsp3) is 0.353. The van der Waals surface area contributed by atoms with Crippen LogP contribution in [-0.4, -0.2) is 53.2 Å². The van der Waals surface area contributed by atoms with Crippen LogP contribution in [0.3, 0.4) is 0 Å². The molecule has 1 aromatic carbocycles. The van der Waals surface area contributed by atoms with Crippen molar-refractivity contribution >= 4 is 33.2 Å². The van der Waals surface area contributed by atoms with Crippen LogP contribution in [0.4, 0.5) is 0 Å². The number of allylic oxidation sites excluding steroid dienone is 2. The molecule has 3 rings (SSSR count). The van der Waals surface area contributed by atoms with Gasteiger partial charge in [-0.2, -0.15) is 4.80 Å². The van der Waals surface area contributed by atoms with E-state index in [0.717, 1.165) is 6.26 Å². The largest absolute Gasteiger partial charge is 0.489 e. The first-order valence-electron chi connectivity index (χ1n) is 8.57. The number of esters is 1. The normalized spacial score (nSPS) is 14.4. The molecule has 0 aliphatic heterocycles. The van der Waals surface area contributed by atoms with Gasteiger partial charge in [0.05, 0.1) is 17.1 Å². The predicted molar refractivity (Wildman–Crippen MR) is 100 cm³/mol. The zero-order chi connectivity index (χ0) is 21.0. The Morgan fingerprint density at radius 2 is 2.10 bits per heavy atom.